The highest BCUT2D eigenvalue weighted by Crippen LogP contribution is 2.29. The van der Waals surface area contributed by atoms with Crippen LogP contribution in [0, 0.1) is 0 Å². The Labute approximate surface area is 171 Å². The summed E-state index contributed by atoms with van der Waals surface area (Å²) in [7, 11) is -3.72. The molecule has 2 N–H and O–H groups in total. The fourth-order valence-electron chi connectivity index (χ4n) is 3.53. The van der Waals surface area contributed by atoms with Crippen LogP contribution >= 0.6 is 11.8 Å². The van der Waals surface area contributed by atoms with Gasteiger partial charge in [-0.1, -0.05) is 18.2 Å². The molecule has 0 aliphatic heterocycles. The molecule has 0 saturated heterocycles. The third-order valence-electron chi connectivity index (χ3n) is 5.00. The minimum Gasteiger partial charge on any atom is -0.325 e. The van der Waals surface area contributed by atoms with Gasteiger partial charge in [0.2, 0.25) is 15.9 Å². The predicted molar refractivity (Wildman–Crippen MR) is 114 cm³/mol. The maximum absolute atomic E-state index is 12.9. The van der Waals surface area contributed by atoms with E-state index < -0.39 is 10.0 Å². The molecule has 28 heavy (non-hydrogen) atoms. The Morgan fingerprint density at radius 3 is 2.46 bits per heavy atom. The maximum atomic E-state index is 12.9. The van der Waals surface area contributed by atoms with E-state index in [1.807, 2.05) is 19.2 Å². The predicted octanol–water partition coefficient (Wildman–Crippen LogP) is 4.29. The van der Waals surface area contributed by atoms with E-state index >= 15 is 0 Å². The van der Waals surface area contributed by atoms with Crippen LogP contribution in [0.4, 0.5) is 5.69 Å². The highest BCUT2D eigenvalue weighted by Gasteiger charge is 2.21. The monoisotopic (exact) mass is 418 g/mol. The van der Waals surface area contributed by atoms with Crippen molar-refractivity contribution in [1.82, 2.24) is 4.72 Å². The quantitative estimate of drug-likeness (QED) is 0.687. The van der Waals surface area contributed by atoms with Crippen molar-refractivity contribution in [3.05, 3.63) is 53.1 Å². The minimum atomic E-state index is -3.72. The van der Waals surface area contributed by atoms with E-state index in [-0.39, 0.29) is 16.8 Å². The van der Waals surface area contributed by atoms with Crippen LogP contribution in [0.1, 0.15) is 49.4 Å². The largest absolute Gasteiger partial charge is 0.325 e. The lowest BCUT2D eigenvalue weighted by molar-refractivity contribution is -0.114. The van der Waals surface area contributed by atoms with Crippen LogP contribution in [-0.2, 0) is 27.7 Å². The molecular formula is C21H26N2O3S2. The van der Waals surface area contributed by atoms with Crippen molar-refractivity contribution in [2.45, 2.75) is 55.4 Å². The van der Waals surface area contributed by atoms with Gasteiger partial charge in [0.05, 0.1) is 10.6 Å². The van der Waals surface area contributed by atoms with E-state index in [1.165, 1.54) is 48.7 Å². The average molecular weight is 419 g/mol. The Bertz CT molecular complexity index is 987. The number of amides is 1. The number of carbonyl (C=O) groups is 1. The Balaban J connectivity index is 1.84. The summed E-state index contributed by atoms with van der Waals surface area (Å²) in [5.74, 6) is -0.236. The molecule has 7 heteroatoms. The number of sulfonamides is 1. The number of aryl methyl sites for hydroxylation is 2. The van der Waals surface area contributed by atoms with Crippen molar-refractivity contribution in [3.8, 4) is 0 Å². The van der Waals surface area contributed by atoms with Gasteiger partial charge in [-0.15, -0.1) is 11.8 Å². The fourth-order valence-corrected chi connectivity index (χ4v) is 5.32. The van der Waals surface area contributed by atoms with Crippen LogP contribution in [-0.4, -0.2) is 20.6 Å². The first kappa shape index (κ1) is 20.9. The molecule has 0 saturated carbocycles. The standard InChI is InChI=1S/C21H26N2O3S2/c1-14(17-9-8-16-6-4-5-7-18(16)12-17)23-28(25,26)19-10-11-21(27-3)20(13-19)22-15(2)24/h8-14,23H,4-7H2,1-3H3,(H,22,24)/t14-/m1/s1. The Morgan fingerprint density at radius 2 is 1.79 bits per heavy atom. The molecule has 0 radical (unpaired) electrons. The van der Waals surface area contributed by atoms with Gasteiger partial charge in [0.1, 0.15) is 0 Å². The molecule has 0 spiro atoms. The molecule has 1 aliphatic carbocycles. The van der Waals surface area contributed by atoms with Crippen LogP contribution in [0.25, 0.3) is 0 Å². The Kier molecular flexibility index (Phi) is 6.47. The van der Waals surface area contributed by atoms with Crippen molar-refractivity contribution < 1.29 is 13.2 Å². The highest BCUT2D eigenvalue weighted by atomic mass is 32.2. The molecule has 1 aliphatic rings. The summed E-state index contributed by atoms with van der Waals surface area (Å²) in [6.45, 7) is 3.26. The van der Waals surface area contributed by atoms with Gasteiger partial charge in [-0.2, -0.15) is 0 Å². The van der Waals surface area contributed by atoms with Crippen molar-refractivity contribution in [2.75, 3.05) is 11.6 Å². The summed E-state index contributed by atoms with van der Waals surface area (Å²) < 4.78 is 28.6. The van der Waals surface area contributed by atoms with Gasteiger partial charge in [-0.3, -0.25) is 4.79 Å². The van der Waals surface area contributed by atoms with Crippen LogP contribution in [0.3, 0.4) is 0 Å². The van der Waals surface area contributed by atoms with Crippen LogP contribution in [0.5, 0.6) is 0 Å². The second-order valence-electron chi connectivity index (χ2n) is 7.12. The van der Waals surface area contributed by atoms with Gasteiger partial charge in [0.15, 0.2) is 0 Å². The molecule has 0 aromatic heterocycles. The molecule has 0 fully saturated rings. The zero-order valence-electron chi connectivity index (χ0n) is 16.4. The lowest BCUT2D eigenvalue weighted by Gasteiger charge is -2.20. The summed E-state index contributed by atoms with van der Waals surface area (Å²) in [6.07, 6.45) is 6.44. The minimum absolute atomic E-state index is 0.138. The molecule has 150 valence electrons. The number of anilines is 1. The molecule has 1 amide bonds. The molecule has 2 aromatic carbocycles. The zero-order valence-corrected chi connectivity index (χ0v) is 18.0. The van der Waals surface area contributed by atoms with E-state index in [2.05, 4.69) is 22.2 Å². The Hall–Kier alpha value is -1.83. The summed E-state index contributed by atoms with van der Waals surface area (Å²) in [5.41, 5.74) is 4.17. The van der Waals surface area contributed by atoms with E-state index in [0.29, 0.717) is 5.69 Å². The lowest BCUT2D eigenvalue weighted by Crippen LogP contribution is -2.27. The molecule has 0 heterocycles. The molecule has 5 nitrogen and oxygen atoms in total. The zero-order chi connectivity index (χ0) is 20.3. The van der Waals surface area contributed by atoms with Crippen LogP contribution in [0.2, 0.25) is 0 Å². The summed E-state index contributed by atoms with van der Waals surface area (Å²) >= 11 is 1.45. The number of rotatable bonds is 6. The molecule has 0 bridgehead atoms. The summed E-state index contributed by atoms with van der Waals surface area (Å²) in [6, 6.07) is 10.7. The highest BCUT2D eigenvalue weighted by molar-refractivity contribution is 7.98. The second kappa shape index (κ2) is 8.68. The van der Waals surface area contributed by atoms with Gasteiger partial charge in [0, 0.05) is 17.9 Å². The first-order valence-electron chi connectivity index (χ1n) is 9.40. The SMILES string of the molecule is CSc1ccc(S(=O)(=O)N[C@H](C)c2ccc3c(c2)CCCC3)cc1NC(C)=O. The van der Waals surface area contributed by atoms with E-state index in [4.69, 9.17) is 0 Å². The van der Waals surface area contributed by atoms with Gasteiger partial charge >= 0.3 is 0 Å². The van der Waals surface area contributed by atoms with Gasteiger partial charge < -0.3 is 5.32 Å². The first-order valence-corrected chi connectivity index (χ1v) is 12.1. The number of hydrogen-bond donors (Lipinski definition) is 2. The number of hydrogen-bond acceptors (Lipinski definition) is 4. The van der Waals surface area contributed by atoms with Gasteiger partial charge in [-0.25, -0.2) is 13.1 Å². The van der Waals surface area contributed by atoms with Crippen LogP contribution in [0.15, 0.2) is 46.2 Å². The third-order valence-corrected chi connectivity index (χ3v) is 7.33. The lowest BCUT2D eigenvalue weighted by atomic mass is 9.89. The molecule has 1 atom stereocenters. The van der Waals surface area contributed by atoms with E-state index in [9.17, 15) is 13.2 Å². The van der Waals surface area contributed by atoms with E-state index in [0.717, 1.165) is 23.3 Å². The van der Waals surface area contributed by atoms with Crippen LogP contribution < -0.4 is 10.0 Å². The topological polar surface area (TPSA) is 75.3 Å². The normalized spacial score (nSPS) is 15.0. The fraction of sp³-hybridized carbons (Fsp3) is 0.381. The number of thioether (sulfide) groups is 1. The average Bonchev–Trinajstić information content (AvgIpc) is 2.66. The molecule has 3 rings (SSSR count). The summed E-state index contributed by atoms with van der Waals surface area (Å²) in [5, 5.41) is 2.70. The van der Waals surface area contributed by atoms with Crippen molar-refractivity contribution >= 4 is 33.4 Å². The number of fused-ring (bicyclic) bond motifs is 1. The smallest absolute Gasteiger partial charge is 0.241 e. The first-order chi connectivity index (χ1) is 13.3. The number of nitrogens with one attached hydrogen (secondary N) is 2. The van der Waals surface area contributed by atoms with Crippen molar-refractivity contribution in [3.63, 3.8) is 0 Å². The Morgan fingerprint density at radius 1 is 1.07 bits per heavy atom. The van der Waals surface area contributed by atoms with Gasteiger partial charge in [0.25, 0.3) is 0 Å². The molecular weight excluding hydrogens is 392 g/mol. The van der Waals surface area contributed by atoms with Gasteiger partial charge in [-0.05, 0) is 73.8 Å². The van der Waals surface area contributed by atoms with Crippen molar-refractivity contribution in [1.29, 1.82) is 0 Å². The number of carbonyl (C=O) groups excluding carboxylic acids is 1. The number of benzene rings is 2. The second-order valence-corrected chi connectivity index (χ2v) is 9.68. The summed E-state index contributed by atoms with van der Waals surface area (Å²) in [4.78, 5) is 12.4. The maximum Gasteiger partial charge on any atom is 0.241 e. The molecule has 0 unspecified atom stereocenters. The molecule has 2 aromatic rings. The third kappa shape index (κ3) is 4.77. The van der Waals surface area contributed by atoms with Crippen molar-refractivity contribution in [2.24, 2.45) is 0 Å². The van der Waals surface area contributed by atoms with E-state index in [1.54, 1.807) is 12.1 Å².